The first-order valence-electron chi connectivity index (χ1n) is 9.14. The highest BCUT2D eigenvalue weighted by atomic mass is 79.9. The molecule has 27 heavy (non-hydrogen) atoms. The second-order valence-electron chi connectivity index (χ2n) is 8.45. The molecule has 2 fully saturated rings. The van der Waals surface area contributed by atoms with Gasteiger partial charge in [0.25, 0.3) is 0 Å². The van der Waals surface area contributed by atoms with Crippen molar-refractivity contribution in [1.82, 2.24) is 0 Å². The fourth-order valence-corrected chi connectivity index (χ4v) is 6.80. The van der Waals surface area contributed by atoms with Gasteiger partial charge in [-0.1, -0.05) is 12.1 Å². The van der Waals surface area contributed by atoms with Crippen LogP contribution < -0.4 is 17.0 Å². The van der Waals surface area contributed by atoms with Crippen molar-refractivity contribution in [2.75, 3.05) is 21.1 Å². The number of thiophene rings is 2. The summed E-state index contributed by atoms with van der Waals surface area (Å²) in [7, 11) is 6.69. The summed E-state index contributed by atoms with van der Waals surface area (Å²) in [5, 5.41) is 15.2. The van der Waals surface area contributed by atoms with Crippen molar-refractivity contribution < 1.29 is 36.1 Å². The number of rotatable bonds is 5. The van der Waals surface area contributed by atoms with E-state index in [9.17, 15) is 9.90 Å². The maximum atomic E-state index is 13.2. The minimum absolute atomic E-state index is 0. The zero-order valence-electron chi connectivity index (χ0n) is 15.8. The zero-order chi connectivity index (χ0) is 18.5. The average Bonchev–Trinajstić information content (AvgIpc) is 3.36. The molecule has 0 amide bonds. The number of carbonyl (C=O) groups excluding carboxylic acids is 1. The predicted octanol–water partition coefficient (Wildman–Crippen LogP) is 0.466. The first kappa shape index (κ1) is 21.0. The van der Waals surface area contributed by atoms with Crippen LogP contribution in [-0.4, -0.2) is 48.8 Å². The standard InChI is InChI=1S/C20H26NO3S2.BrH/c1-21(2,3)18-13-8-9-14(18)15(12-13)24-19(22)20(23,16-6-4-10-25-16)17-7-5-11-26-17;/h4-7,10-11,13-15,18,23H,8-9,12H2,1-3H3;1H/q+1;/p-1/t13?,14-,15+,18?;/m0./s1. The second kappa shape index (κ2) is 7.59. The number of hydrogen-bond acceptors (Lipinski definition) is 5. The third kappa shape index (κ3) is 3.53. The molecular weight excluding hydrogens is 446 g/mol. The summed E-state index contributed by atoms with van der Waals surface area (Å²) >= 11 is 2.77. The number of aliphatic hydroxyl groups is 1. The van der Waals surface area contributed by atoms with Crippen molar-refractivity contribution >= 4 is 28.6 Å². The van der Waals surface area contributed by atoms with Gasteiger partial charge in [0, 0.05) is 11.8 Å². The Hall–Kier alpha value is -0.730. The molecule has 0 aromatic carbocycles. The van der Waals surface area contributed by atoms with Gasteiger partial charge in [0.2, 0.25) is 5.60 Å². The molecule has 0 aliphatic heterocycles. The Morgan fingerprint density at radius 2 is 1.74 bits per heavy atom. The van der Waals surface area contributed by atoms with Crippen LogP contribution in [0.5, 0.6) is 0 Å². The molecule has 1 N–H and O–H groups in total. The molecule has 4 atom stereocenters. The number of fused-ring (bicyclic) bond motifs is 2. The van der Waals surface area contributed by atoms with E-state index in [1.54, 1.807) is 12.1 Å². The third-order valence-electron chi connectivity index (χ3n) is 6.01. The highest BCUT2D eigenvalue weighted by Gasteiger charge is 2.57. The van der Waals surface area contributed by atoms with Gasteiger partial charge in [0.1, 0.15) is 6.10 Å². The Kier molecular flexibility index (Phi) is 5.90. The Morgan fingerprint density at radius 1 is 1.15 bits per heavy atom. The van der Waals surface area contributed by atoms with Crippen molar-refractivity contribution in [3.63, 3.8) is 0 Å². The third-order valence-corrected chi connectivity index (χ3v) is 7.97. The monoisotopic (exact) mass is 471 g/mol. The van der Waals surface area contributed by atoms with Gasteiger partial charge in [-0.2, -0.15) is 0 Å². The van der Waals surface area contributed by atoms with Crippen molar-refractivity contribution in [3.05, 3.63) is 44.8 Å². The van der Waals surface area contributed by atoms with E-state index in [-0.39, 0.29) is 23.1 Å². The molecule has 2 saturated carbocycles. The predicted molar refractivity (Wildman–Crippen MR) is 104 cm³/mol. The van der Waals surface area contributed by atoms with E-state index in [0.717, 1.165) is 17.3 Å². The fraction of sp³-hybridized carbons (Fsp3) is 0.550. The first-order chi connectivity index (χ1) is 12.3. The van der Waals surface area contributed by atoms with Gasteiger partial charge >= 0.3 is 5.97 Å². The van der Waals surface area contributed by atoms with E-state index in [1.807, 2.05) is 22.9 Å². The van der Waals surface area contributed by atoms with Gasteiger partial charge in [0.15, 0.2) is 0 Å². The molecule has 2 aromatic heterocycles. The van der Waals surface area contributed by atoms with E-state index >= 15 is 0 Å². The number of esters is 1. The van der Waals surface area contributed by atoms with Gasteiger partial charge in [-0.15, -0.1) is 22.7 Å². The molecule has 4 nitrogen and oxygen atoms in total. The highest BCUT2D eigenvalue weighted by molar-refractivity contribution is 7.12. The minimum Gasteiger partial charge on any atom is -1.00 e. The van der Waals surface area contributed by atoms with Gasteiger partial charge in [-0.25, -0.2) is 4.79 Å². The molecule has 4 rings (SSSR count). The molecule has 2 heterocycles. The van der Waals surface area contributed by atoms with Crippen LogP contribution in [0.15, 0.2) is 35.0 Å². The van der Waals surface area contributed by atoms with Crippen molar-refractivity contribution in [1.29, 1.82) is 0 Å². The fourth-order valence-electron chi connectivity index (χ4n) is 5.09. The number of hydrogen-bond donors (Lipinski definition) is 1. The van der Waals surface area contributed by atoms with Crippen LogP contribution in [0.1, 0.15) is 29.0 Å². The van der Waals surface area contributed by atoms with Crippen LogP contribution in [0.3, 0.4) is 0 Å². The maximum absolute atomic E-state index is 13.2. The highest BCUT2D eigenvalue weighted by Crippen LogP contribution is 2.50. The Labute approximate surface area is 179 Å². The molecule has 2 aliphatic rings. The number of nitrogens with zero attached hydrogens (tertiary/aromatic N) is 1. The molecule has 2 aliphatic carbocycles. The molecule has 2 unspecified atom stereocenters. The summed E-state index contributed by atoms with van der Waals surface area (Å²) in [6.07, 6.45) is 3.16. The van der Waals surface area contributed by atoms with E-state index < -0.39 is 11.6 Å². The number of ether oxygens (including phenoxy) is 1. The molecule has 0 radical (unpaired) electrons. The number of quaternary nitrogens is 1. The lowest BCUT2D eigenvalue weighted by atomic mass is 9.96. The van der Waals surface area contributed by atoms with Crippen LogP contribution >= 0.6 is 22.7 Å². The summed E-state index contributed by atoms with van der Waals surface area (Å²) in [5.74, 6) is 0.467. The van der Waals surface area contributed by atoms with Crippen LogP contribution in [0, 0.1) is 11.8 Å². The smallest absolute Gasteiger partial charge is 0.349 e. The van der Waals surface area contributed by atoms with Gasteiger partial charge in [-0.05, 0) is 42.2 Å². The van der Waals surface area contributed by atoms with Crippen LogP contribution in [0.25, 0.3) is 0 Å². The Morgan fingerprint density at radius 3 is 2.19 bits per heavy atom. The summed E-state index contributed by atoms with van der Waals surface area (Å²) in [6, 6.07) is 7.86. The Bertz CT molecular complexity index is 736. The van der Waals surface area contributed by atoms with E-state index in [2.05, 4.69) is 21.1 Å². The van der Waals surface area contributed by atoms with Gasteiger partial charge in [-0.3, -0.25) is 0 Å². The second-order valence-corrected chi connectivity index (χ2v) is 10.3. The molecule has 2 bridgehead atoms. The molecule has 148 valence electrons. The van der Waals surface area contributed by atoms with Crippen LogP contribution in [0.4, 0.5) is 0 Å². The average molecular weight is 472 g/mol. The van der Waals surface area contributed by atoms with Gasteiger partial charge < -0.3 is 31.3 Å². The summed E-state index contributed by atoms with van der Waals surface area (Å²) in [4.78, 5) is 14.4. The van der Waals surface area contributed by atoms with Crippen molar-refractivity contribution in [3.8, 4) is 0 Å². The summed E-state index contributed by atoms with van der Waals surface area (Å²) in [6.45, 7) is 0. The first-order valence-corrected chi connectivity index (χ1v) is 10.9. The SMILES string of the molecule is C[N+](C)(C)C1C2CC[C@H]1[C@H](OC(=O)C(O)(c1cccs1)c1cccs1)C2.[Br-]. The maximum Gasteiger partial charge on any atom is 0.349 e. The van der Waals surface area contributed by atoms with E-state index in [4.69, 9.17) is 4.74 Å². The van der Waals surface area contributed by atoms with Crippen LogP contribution in [0.2, 0.25) is 0 Å². The largest absolute Gasteiger partial charge is 1.00 e. The van der Waals surface area contributed by atoms with E-state index in [0.29, 0.717) is 27.6 Å². The molecule has 2 aromatic rings. The van der Waals surface area contributed by atoms with Crippen LogP contribution in [-0.2, 0) is 15.1 Å². The lowest BCUT2D eigenvalue weighted by molar-refractivity contribution is -0.900. The topological polar surface area (TPSA) is 46.5 Å². The summed E-state index contributed by atoms with van der Waals surface area (Å²) in [5.41, 5.74) is -1.70. The van der Waals surface area contributed by atoms with Crippen molar-refractivity contribution in [2.24, 2.45) is 11.8 Å². The Balaban J connectivity index is 0.00000210. The lowest BCUT2D eigenvalue weighted by Crippen LogP contribution is -3.00. The lowest BCUT2D eigenvalue weighted by Gasteiger charge is -2.35. The number of carbonyl (C=O) groups is 1. The molecule has 0 spiro atoms. The summed E-state index contributed by atoms with van der Waals surface area (Å²) < 4.78 is 6.90. The molecular formula is C20H26BrNO3S2. The number of halogens is 1. The van der Waals surface area contributed by atoms with Gasteiger partial charge in [0.05, 0.1) is 36.9 Å². The van der Waals surface area contributed by atoms with Crippen molar-refractivity contribution in [2.45, 2.75) is 37.0 Å². The quantitative estimate of drug-likeness (QED) is 0.509. The van der Waals surface area contributed by atoms with E-state index in [1.165, 1.54) is 29.1 Å². The minimum atomic E-state index is -1.70. The molecule has 7 heteroatoms. The zero-order valence-corrected chi connectivity index (χ0v) is 19.0. The normalized spacial score (nSPS) is 27.4. The molecule has 0 saturated heterocycles.